The molecule has 7 rings (SSSR count). The van der Waals surface area contributed by atoms with Crippen LogP contribution in [-0.2, 0) is 0 Å². The minimum Gasteiger partial charge on any atom is -0.309 e. The Bertz CT molecular complexity index is 1890. The van der Waals surface area contributed by atoms with Crippen molar-refractivity contribution in [3.05, 3.63) is 151 Å². The van der Waals surface area contributed by atoms with Gasteiger partial charge in [-0.05, 0) is 58.5 Å². The van der Waals surface area contributed by atoms with Gasteiger partial charge in [-0.25, -0.2) is 0 Å². The van der Waals surface area contributed by atoms with Crippen molar-refractivity contribution in [2.75, 3.05) is 0 Å². The zero-order chi connectivity index (χ0) is 25.5. The minimum absolute atomic E-state index is 1.19. The molecule has 0 atom stereocenters. The molecule has 0 spiro atoms. The maximum absolute atomic E-state index is 2.42. The number of aromatic nitrogens is 1. The van der Waals surface area contributed by atoms with Crippen LogP contribution in [0.4, 0.5) is 0 Å². The highest BCUT2D eigenvalue weighted by molar-refractivity contribution is 6.10. The quantitative estimate of drug-likeness (QED) is 0.234. The molecule has 0 amide bonds. The second-order valence-corrected chi connectivity index (χ2v) is 9.79. The van der Waals surface area contributed by atoms with Gasteiger partial charge in [0.05, 0.1) is 16.7 Å². The van der Waals surface area contributed by atoms with E-state index >= 15 is 0 Å². The van der Waals surface area contributed by atoms with Crippen LogP contribution in [0.25, 0.3) is 60.9 Å². The van der Waals surface area contributed by atoms with Crippen LogP contribution in [0.15, 0.2) is 146 Å². The van der Waals surface area contributed by atoms with Crippen LogP contribution in [0.3, 0.4) is 0 Å². The normalized spacial score (nSPS) is 11.3. The SMILES string of the molecule is Cc1ccccc1-c1ccccc1-c1ccccc1-c1ccccc1-n1c2ccccc2c2ccccc21. The van der Waals surface area contributed by atoms with Gasteiger partial charge in [0.25, 0.3) is 0 Å². The third kappa shape index (κ3) is 3.55. The molecular weight excluding hydrogens is 458 g/mol. The molecule has 1 nitrogen and oxygen atoms in total. The molecule has 1 aromatic heterocycles. The van der Waals surface area contributed by atoms with Crippen molar-refractivity contribution in [2.45, 2.75) is 6.92 Å². The van der Waals surface area contributed by atoms with Crippen molar-refractivity contribution in [1.82, 2.24) is 4.57 Å². The number of fused-ring (bicyclic) bond motifs is 3. The van der Waals surface area contributed by atoms with Crippen molar-refractivity contribution in [3.8, 4) is 39.1 Å². The Morgan fingerprint density at radius 2 is 0.711 bits per heavy atom. The predicted octanol–water partition coefficient (Wildman–Crippen LogP) is 10.1. The van der Waals surface area contributed by atoms with Crippen molar-refractivity contribution in [1.29, 1.82) is 0 Å². The van der Waals surface area contributed by atoms with Crippen molar-refractivity contribution >= 4 is 21.8 Å². The Labute approximate surface area is 223 Å². The first-order chi connectivity index (χ1) is 18.8. The van der Waals surface area contributed by atoms with Crippen molar-refractivity contribution in [2.24, 2.45) is 0 Å². The van der Waals surface area contributed by atoms with Gasteiger partial charge in [-0.1, -0.05) is 127 Å². The Hall–Kier alpha value is -4.88. The number of hydrogen-bond donors (Lipinski definition) is 0. The molecule has 7 aromatic rings. The number of para-hydroxylation sites is 3. The molecule has 0 aliphatic carbocycles. The molecule has 180 valence electrons. The average molecular weight is 486 g/mol. The summed E-state index contributed by atoms with van der Waals surface area (Å²) < 4.78 is 2.42. The lowest BCUT2D eigenvalue weighted by molar-refractivity contribution is 1.18. The van der Waals surface area contributed by atoms with Crippen LogP contribution in [0.5, 0.6) is 0 Å². The molecule has 0 fully saturated rings. The minimum atomic E-state index is 1.19. The third-order valence-corrected chi connectivity index (χ3v) is 7.59. The molecule has 0 unspecified atom stereocenters. The number of rotatable bonds is 4. The van der Waals surface area contributed by atoms with E-state index < -0.39 is 0 Å². The van der Waals surface area contributed by atoms with Crippen LogP contribution >= 0.6 is 0 Å². The molecule has 0 aliphatic heterocycles. The smallest absolute Gasteiger partial charge is 0.0541 e. The van der Waals surface area contributed by atoms with Crippen molar-refractivity contribution in [3.63, 3.8) is 0 Å². The highest BCUT2D eigenvalue weighted by Gasteiger charge is 2.18. The fourth-order valence-corrected chi connectivity index (χ4v) is 5.86. The summed E-state index contributed by atoms with van der Waals surface area (Å²) in [7, 11) is 0. The molecule has 38 heavy (non-hydrogen) atoms. The summed E-state index contributed by atoms with van der Waals surface area (Å²) in [6.45, 7) is 2.19. The standard InChI is InChI=1S/C37H27N/c1-26-14-2-3-15-27(26)28-16-4-5-17-29(28)30-18-6-7-19-31(30)32-20-8-11-23-35(32)38-36-24-12-9-21-33(36)34-22-10-13-25-37(34)38/h2-25H,1H3. The summed E-state index contributed by atoms with van der Waals surface area (Å²) in [5.74, 6) is 0. The summed E-state index contributed by atoms with van der Waals surface area (Å²) in [6, 6.07) is 52.5. The molecule has 1 heteroatoms. The second kappa shape index (κ2) is 9.21. The maximum atomic E-state index is 2.42. The largest absolute Gasteiger partial charge is 0.309 e. The summed E-state index contributed by atoms with van der Waals surface area (Å²) in [5.41, 5.74) is 12.4. The van der Waals surface area contributed by atoms with E-state index in [1.54, 1.807) is 0 Å². The molecule has 0 radical (unpaired) electrons. The monoisotopic (exact) mass is 485 g/mol. The lowest BCUT2D eigenvalue weighted by atomic mass is 9.88. The predicted molar refractivity (Wildman–Crippen MR) is 162 cm³/mol. The van der Waals surface area contributed by atoms with Crippen LogP contribution in [0.1, 0.15) is 5.56 Å². The highest BCUT2D eigenvalue weighted by atomic mass is 15.0. The van der Waals surface area contributed by atoms with Gasteiger partial charge < -0.3 is 4.57 Å². The number of benzene rings is 6. The van der Waals surface area contributed by atoms with Gasteiger partial charge in [0.15, 0.2) is 0 Å². The van der Waals surface area contributed by atoms with E-state index in [9.17, 15) is 0 Å². The fourth-order valence-electron chi connectivity index (χ4n) is 5.86. The lowest BCUT2D eigenvalue weighted by Gasteiger charge is -2.19. The van der Waals surface area contributed by atoms with E-state index in [0.29, 0.717) is 0 Å². The van der Waals surface area contributed by atoms with Gasteiger partial charge in [-0.15, -0.1) is 0 Å². The summed E-state index contributed by atoms with van der Waals surface area (Å²) in [6.07, 6.45) is 0. The Balaban J connectivity index is 1.51. The molecule has 0 N–H and O–H groups in total. The Morgan fingerprint density at radius 1 is 0.342 bits per heavy atom. The average Bonchev–Trinajstić information content (AvgIpc) is 3.32. The van der Waals surface area contributed by atoms with Gasteiger partial charge in [0.2, 0.25) is 0 Å². The lowest BCUT2D eigenvalue weighted by Crippen LogP contribution is -1.98. The van der Waals surface area contributed by atoms with E-state index in [4.69, 9.17) is 0 Å². The van der Waals surface area contributed by atoms with Crippen molar-refractivity contribution < 1.29 is 0 Å². The van der Waals surface area contributed by atoms with Gasteiger partial charge >= 0.3 is 0 Å². The molecule has 0 saturated carbocycles. The first kappa shape index (κ1) is 22.3. The van der Waals surface area contributed by atoms with Crippen LogP contribution < -0.4 is 0 Å². The van der Waals surface area contributed by atoms with Gasteiger partial charge in [-0.3, -0.25) is 0 Å². The first-order valence-electron chi connectivity index (χ1n) is 13.1. The topological polar surface area (TPSA) is 4.93 Å². The number of nitrogens with zero attached hydrogens (tertiary/aromatic N) is 1. The summed E-state index contributed by atoms with van der Waals surface area (Å²) >= 11 is 0. The fraction of sp³-hybridized carbons (Fsp3) is 0.0270. The second-order valence-electron chi connectivity index (χ2n) is 9.79. The summed E-state index contributed by atoms with van der Waals surface area (Å²) in [4.78, 5) is 0. The van der Waals surface area contributed by atoms with Gasteiger partial charge in [0, 0.05) is 16.3 Å². The zero-order valence-electron chi connectivity index (χ0n) is 21.3. The third-order valence-electron chi connectivity index (χ3n) is 7.59. The van der Waals surface area contributed by atoms with Crippen LogP contribution in [0.2, 0.25) is 0 Å². The molecular formula is C37H27N. The van der Waals surface area contributed by atoms with Gasteiger partial charge in [-0.2, -0.15) is 0 Å². The molecule has 0 saturated heterocycles. The number of aryl methyl sites for hydroxylation is 1. The van der Waals surface area contributed by atoms with E-state index in [0.717, 1.165) is 0 Å². The molecule has 6 aromatic carbocycles. The molecule has 0 aliphatic rings. The van der Waals surface area contributed by atoms with Gasteiger partial charge in [0.1, 0.15) is 0 Å². The van der Waals surface area contributed by atoms with E-state index in [-0.39, 0.29) is 0 Å². The Kier molecular flexibility index (Phi) is 5.41. The zero-order valence-corrected chi connectivity index (χ0v) is 21.3. The molecule has 1 heterocycles. The van der Waals surface area contributed by atoms with E-state index in [1.807, 2.05) is 0 Å². The molecule has 0 bridgehead atoms. The number of hydrogen-bond acceptors (Lipinski definition) is 0. The van der Waals surface area contributed by atoms with E-state index in [2.05, 4.69) is 157 Å². The van der Waals surface area contributed by atoms with E-state index in [1.165, 1.54) is 66.4 Å². The highest BCUT2D eigenvalue weighted by Crippen LogP contribution is 2.42. The van der Waals surface area contributed by atoms with Crippen LogP contribution in [0, 0.1) is 6.92 Å². The summed E-state index contributed by atoms with van der Waals surface area (Å²) in [5, 5.41) is 2.55. The first-order valence-corrected chi connectivity index (χ1v) is 13.1. The van der Waals surface area contributed by atoms with Crippen LogP contribution in [-0.4, -0.2) is 4.57 Å². The maximum Gasteiger partial charge on any atom is 0.0541 e. The Morgan fingerprint density at radius 3 is 1.26 bits per heavy atom.